The molecule has 4 rings (SSSR count). The first-order valence-corrected chi connectivity index (χ1v) is 9.21. The number of hydrogen-bond donors (Lipinski definition) is 0. The molecule has 7 heteroatoms. The zero-order chi connectivity index (χ0) is 19.3. The van der Waals surface area contributed by atoms with Gasteiger partial charge in [-0.2, -0.15) is 0 Å². The van der Waals surface area contributed by atoms with Crippen molar-refractivity contribution in [2.75, 3.05) is 4.90 Å². The Labute approximate surface area is 164 Å². The van der Waals surface area contributed by atoms with Gasteiger partial charge in [0.1, 0.15) is 11.4 Å². The van der Waals surface area contributed by atoms with Crippen LogP contribution in [0.3, 0.4) is 0 Å². The van der Waals surface area contributed by atoms with Crippen molar-refractivity contribution in [2.24, 2.45) is 15.2 Å². The summed E-state index contributed by atoms with van der Waals surface area (Å²) in [7, 11) is 0. The Balaban J connectivity index is 2.08. The molecular weight excluding hydrogens is 411 g/mol. The third kappa shape index (κ3) is 2.73. The second-order valence-corrected chi connectivity index (χ2v) is 7.83. The van der Waals surface area contributed by atoms with Crippen LogP contribution < -0.4 is 4.90 Å². The molecule has 5 nitrogen and oxygen atoms in total. The first kappa shape index (κ1) is 17.7. The maximum absolute atomic E-state index is 14.6. The summed E-state index contributed by atoms with van der Waals surface area (Å²) in [5, 5.41) is 7.91. The van der Waals surface area contributed by atoms with Gasteiger partial charge in [-0.3, -0.25) is 4.79 Å². The van der Waals surface area contributed by atoms with Gasteiger partial charge in [-0.15, -0.1) is 10.2 Å². The predicted octanol–water partition coefficient (Wildman–Crippen LogP) is 5.21. The number of benzene rings is 2. The van der Waals surface area contributed by atoms with E-state index in [1.165, 1.54) is 6.07 Å². The molecule has 0 fully saturated rings. The van der Waals surface area contributed by atoms with Crippen molar-refractivity contribution >= 4 is 33.2 Å². The van der Waals surface area contributed by atoms with Gasteiger partial charge in [0.05, 0.1) is 17.1 Å². The zero-order valence-corrected chi connectivity index (χ0v) is 16.6. The highest BCUT2D eigenvalue weighted by atomic mass is 79.9. The fraction of sp³-hybridized carbons (Fsp3) is 0.200. The summed E-state index contributed by atoms with van der Waals surface area (Å²) in [4.78, 5) is 19.0. The van der Waals surface area contributed by atoms with Crippen LogP contribution in [0.4, 0.5) is 10.1 Å². The van der Waals surface area contributed by atoms with E-state index in [4.69, 9.17) is 4.99 Å². The molecule has 2 aromatic rings. The molecule has 27 heavy (non-hydrogen) atoms. The zero-order valence-electron chi connectivity index (χ0n) is 15.0. The minimum absolute atomic E-state index is 0.345. The summed E-state index contributed by atoms with van der Waals surface area (Å²) in [5.74, 6) is -0.228. The maximum Gasteiger partial charge on any atom is 0.289 e. The highest BCUT2D eigenvalue weighted by Gasteiger charge is 2.43. The van der Waals surface area contributed by atoms with Crippen LogP contribution in [0, 0.1) is 5.82 Å². The summed E-state index contributed by atoms with van der Waals surface area (Å²) in [6.45, 7) is 5.37. The van der Waals surface area contributed by atoms with Gasteiger partial charge >= 0.3 is 0 Å². The quantitative estimate of drug-likeness (QED) is 0.628. The van der Waals surface area contributed by atoms with Crippen molar-refractivity contribution in [1.29, 1.82) is 0 Å². The van der Waals surface area contributed by atoms with Crippen LogP contribution >= 0.6 is 15.9 Å². The normalized spacial score (nSPS) is 18.0. The Kier molecular flexibility index (Phi) is 4.07. The van der Waals surface area contributed by atoms with Crippen molar-refractivity contribution in [1.82, 2.24) is 0 Å². The molecule has 0 atom stereocenters. The lowest BCUT2D eigenvalue weighted by molar-refractivity contribution is -0.122. The molecule has 2 heterocycles. The molecule has 0 spiro atoms. The largest absolute Gasteiger partial charge is 0.308 e. The van der Waals surface area contributed by atoms with Gasteiger partial charge in [0.15, 0.2) is 5.82 Å². The van der Waals surface area contributed by atoms with Gasteiger partial charge in [0.2, 0.25) is 0 Å². The summed E-state index contributed by atoms with van der Waals surface area (Å²) < 4.78 is 15.4. The molecule has 0 N–H and O–H groups in total. The summed E-state index contributed by atoms with van der Waals surface area (Å²) in [5.41, 5.74) is 1.93. The second-order valence-electron chi connectivity index (χ2n) is 6.91. The number of carbonyl (C=O) groups is 1. The van der Waals surface area contributed by atoms with Crippen LogP contribution in [-0.2, 0) is 4.79 Å². The van der Waals surface area contributed by atoms with E-state index < -0.39 is 5.54 Å². The van der Waals surface area contributed by atoms with E-state index in [0.29, 0.717) is 28.4 Å². The average molecular weight is 427 g/mol. The molecule has 0 radical (unpaired) electrons. The number of halogens is 2. The lowest BCUT2D eigenvalue weighted by Crippen LogP contribution is -2.51. The Hall–Kier alpha value is -2.67. The fourth-order valence-electron chi connectivity index (χ4n) is 3.30. The second kappa shape index (κ2) is 6.20. The molecule has 0 aliphatic carbocycles. The number of azo groups is 1. The number of amides is 1. The van der Waals surface area contributed by atoms with E-state index in [0.717, 1.165) is 10.2 Å². The molecule has 0 saturated heterocycles. The number of hydrogen-bond acceptors (Lipinski definition) is 4. The number of aliphatic imine (C=N–C) groups is 1. The number of nitrogens with zero attached hydrogens (tertiary/aromatic N) is 4. The molecule has 2 aliphatic heterocycles. The Morgan fingerprint density at radius 3 is 2.56 bits per heavy atom. The molecule has 0 aromatic heterocycles. The number of fused-ring (bicyclic) bond motifs is 3. The Morgan fingerprint density at radius 1 is 1.07 bits per heavy atom. The van der Waals surface area contributed by atoms with Crippen LogP contribution in [0.25, 0.3) is 0 Å². The van der Waals surface area contributed by atoms with E-state index in [-0.39, 0.29) is 11.7 Å². The third-order valence-corrected chi connectivity index (χ3v) is 5.21. The van der Waals surface area contributed by atoms with E-state index >= 15 is 0 Å². The molecule has 0 saturated carbocycles. The topological polar surface area (TPSA) is 57.4 Å². The van der Waals surface area contributed by atoms with Crippen LogP contribution in [0.1, 0.15) is 31.9 Å². The van der Waals surface area contributed by atoms with E-state index in [9.17, 15) is 9.18 Å². The number of carbonyl (C=O) groups excluding carboxylic acids is 1. The molecule has 136 valence electrons. The van der Waals surface area contributed by atoms with Crippen LogP contribution in [-0.4, -0.2) is 17.2 Å². The lowest BCUT2D eigenvalue weighted by Gasteiger charge is -2.39. The van der Waals surface area contributed by atoms with Gasteiger partial charge in [-0.05, 0) is 51.1 Å². The predicted molar refractivity (Wildman–Crippen MR) is 105 cm³/mol. The van der Waals surface area contributed by atoms with Gasteiger partial charge in [0, 0.05) is 15.6 Å². The van der Waals surface area contributed by atoms with E-state index in [1.54, 1.807) is 39.0 Å². The maximum atomic E-state index is 14.6. The monoisotopic (exact) mass is 426 g/mol. The average Bonchev–Trinajstić information content (AvgIpc) is 2.74. The number of anilines is 1. The lowest BCUT2D eigenvalue weighted by atomic mass is 9.95. The minimum Gasteiger partial charge on any atom is -0.308 e. The standard InChI is InChI=1S/C20H16BrFN4O/c1-11-18-24-25-19(27)20(2,3)26(18)16-9-8-12(21)10-14(16)17(23-11)13-6-4-5-7-15(13)22/h4-10H,1-3H3. The highest BCUT2D eigenvalue weighted by molar-refractivity contribution is 9.10. The van der Waals surface area contributed by atoms with Crippen LogP contribution in [0.5, 0.6) is 0 Å². The SMILES string of the molecule is CC1=C2N=NC(=O)C(C)(C)N2c2ccc(Br)cc2C(c2ccccc2F)=N1. The number of allylic oxidation sites excluding steroid dienone is 1. The first-order valence-electron chi connectivity index (χ1n) is 8.41. The molecular formula is C20H16BrFN4O. The Bertz CT molecular complexity index is 1070. The van der Waals surface area contributed by atoms with E-state index in [2.05, 4.69) is 26.2 Å². The van der Waals surface area contributed by atoms with Crippen molar-refractivity contribution in [3.63, 3.8) is 0 Å². The van der Waals surface area contributed by atoms with Gasteiger partial charge in [0.25, 0.3) is 5.91 Å². The summed E-state index contributed by atoms with van der Waals surface area (Å²) in [6, 6.07) is 12.1. The van der Waals surface area contributed by atoms with Crippen LogP contribution in [0.2, 0.25) is 0 Å². The van der Waals surface area contributed by atoms with Crippen molar-refractivity contribution in [3.05, 3.63) is 75.4 Å². The van der Waals surface area contributed by atoms with E-state index in [1.807, 2.05) is 23.1 Å². The first-order chi connectivity index (χ1) is 12.8. The minimum atomic E-state index is -0.943. The molecule has 2 aliphatic rings. The fourth-order valence-corrected chi connectivity index (χ4v) is 3.66. The molecule has 0 bridgehead atoms. The van der Waals surface area contributed by atoms with Crippen LogP contribution in [0.15, 0.2) is 73.7 Å². The van der Waals surface area contributed by atoms with Crippen molar-refractivity contribution in [3.8, 4) is 0 Å². The number of rotatable bonds is 1. The van der Waals surface area contributed by atoms with Gasteiger partial charge in [-0.1, -0.05) is 28.1 Å². The summed E-state index contributed by atoms with van der Waals surface area (Å²) in [6.07, 6.45) is 0. The van der Waals surface area contributed by atoms with Gasteiger partial charge < -0.3 is 4.90 Å². The molecule has 0 unspecified atom stereocenters. The molecule has 1 amide bonds. The molecule has 2 aromatic carbocycles. The smallest absolute Gasteiger partial charge is 0.289 e. The van der Waals surface area contributed by atoms with Crippen molar-refractivity contribution in [2.45, 2.75) is 26.3 Å². The van der Waals surface area contributed by atoms with Gasteiger partial charge in [-0.25, -0.2) is 9.38 Å². The summed E-state index contributed by atoms with van der Waals surface area (Å²) >= 11 is 3.49. The highest BCUT2D eigenvalue weighted by Crippen LogP contribution is 2.41. The Morgan fingerprint density at radius 2 is 1.81 bits per heavy atom. The van der Waals surface area contributed by atoms with Crippen molar-refractivity contribution < 1.29 is 9.18 Å². The third-order valence-electron chi connectivity index (χ3n) is 4.72.